The summed E-state index contributed by atoms with van der Waals surface area (Å²) < 4.78 is 78.6. The first-order valence-corrected chi connectivity index (χ1v) is 10.9. The van der Waals surface area contributed by atoms with Crippen LogP contribution in [0.5, 0.6) is 0 Å². The van der Waals surface area contributed by atoms with Gasteiger partial charge in [0.1, 0.15) is 6.10 Å². The Labute approximate surface area is 179 Å². The van der Waals surface area contributed by atoms with Gasteiger partial charge >= 0.3 is 24.3 Å². The van der Waals surface area contributed by atoms with Gasteiger partial charge in [-0.25, -0.2) is 0 Å². The number of carbonyl (C=O) groups excluding carboxylic acids is 1. The summed E-state index contributed by atoms with van der Waals surface area (Å²) in [5.41, 5.74) is 0. The topological polar surface area (TPSA) is 63.6 Å². The van der Waals surface area contributed by atoms with Gasteiger partial charge in [0.2, 0.25) is 0 Å². The number of hydrogen-bond donors (Lipinski definition) is 1. The summed E-state index contributed by atoms with van der Waals surface area (Å²) in [5.74, 6) is -1.30. The first kappa shape index (κ1) is 29.5. The maximum absolute atomic E-state index is 12.2. The van der Waals surface area contributed by atoms with E-state index >= 15 is 0 Å². The summed E-state index contributed by atoms with van der Waals surface area (Å²) >= 11 is 0. The summed E-state index contributed by atoms with van der Waals surface area (Å²) in [6, 6.07) is 0. The first-order chi connectivity index (χ1) is 14.4. The van der Waals surface area contributed by atoms with Crippen LogP contribution in [0.3, 0.4) is 0 Å². The number of carboxylic acids is 1. The molecule has 0 aliphatic heterocycles. The van der Waals surface area contributed by atoms with E-state index in [0.717, 1.165) is 0 Å². The molecule has 31 heavy (non-hydrogen) atoms. The number of alkyl halides is 6. The number of ether oxygens (including phenoxy) is 1. The van der Waals surface area contributed by atoms with Crippen LogP contribution in [-0.2, 0) is 14.3 Å². The first-order valence-electron chi connectivity index (χ1n) is 10.9. The highest BCUT2D eigenvalue weighted by Crippen LogP contribution is 2.25. The lowest BCUT2D eigenvalue weighted by molar-refractivity contribution is -0.150. The maximum atomic E-state index is 12.2. The summed E-state index contributed by atoms with van der Waals surface area (Å²) in [6.45, 7) is 0. The minimum Gasteiger partial charge on any atom is -0.481 e. The number of rotatable bonds is 18. The zero-order valence-electron chi connectivity index (χ0n) is 17.8. The fourth-order valence-electron chi connectivity index (χ4n) is 3.15. The molecule has 10 heteroatoms. The van der Waals surface area contributed by atoms with Crippen molar-refractivity contribution in [3.63, 3.8) is 0 Å². The molecule has 0 aromatic carbocycles. The van der Waals surface area contributed by atoms with Crippen LogP contribution in [0, 0.1) is 0 Å². The van der Waals surface area contributed by atoms with Crippen molar-refractivity contribution in [2.24, 2.45) is 0 Å². The number of unbranched alkanes of at least 4 members (excludes halogenated alkanes) is 7. The van der Waals surface area contributed by atoms with Gasteiger partial charge in [-0.15, -0.1) is 0 Å². The molecule has 0 aromatic heterocycles. The molecule has 0 aliphatic carbocycles. The van der Waals surface area contributed by atoms with Crippen LogP contribution in [-0.4, -0.2) is 35.5 Å². The number of aliphatic carboxylic acids is 1. The van der Waals surface area contributed by atoms with Crippen molar-refractivity contribution >= 4 is 11.9 Å². The van der Waals surface area contributed by atoms with Crippen molar-refractivity contribution in [1.29, 1.82) is 0 Å². The Morgan fingerprint density at radius 3 is 1.48 bits per heavy atom. The van der Waals surface area contributed by atoms with Gasteiger partial charge < -0.3 is 9.84 Å². The van der Waals surface area contributed by atoms with Gasteiger partial charge in [-0.2, -0.15) is 26.3 Å². The highest BCUT2D eigenvalue weighted by molar-refractivity contribution is 5.69. The van der Waals surface area contributed by atoms with Crippen molar-refractivity contribution in [3.05, 3.63) is 0 Å². The molecular weight excluding hydrogens is 430 g/mol. The predicted octanol–water partition coefficient (Wildman–Crippen LogP) is 7.35. The molecule has 0 fully saturated rings. The molecule has 0 atom stereocenters. The van der Waals surface area contributed by atoms with Gasteiger partial charge in [-0.05, 0) is 51.4 Å². The smallest absolute Gasteiger partial charge is 0.389 e. The van der Waals surface area contributed by atoms with E-state index in [2.05, 4.69) is 0 Å². The Morgan fingerprint density at radius 2 is 1.06 bits per heavy atom. The van der Waals surface area contributed by atoms with Gasteiger partial charge in [0.05, 0.1) is 0 Å². The van der Waals surface area contributed by atoms with Crippen LogP contribution in [0.1, 0.15) is 103 Å². The van der Waals surface area contributed by atoms with Gasteiger partial charge in [-0.3, -0.25) is 9.59 Å². The van der Waals surface area contributed by atoms with Crippen molar-refractivity contribution in [2.45, 2.75) is 121 Å². The summed E-state index contributed by atoms with van der Waals surface area (Å²) in [4.78, 5) is 22.4. The van der Waals surface area contributed by atoms with Crippen LogP contribution in [0.25, 0.3) is 0 Å². The predicted molar refractivity (Wildman–Crippen MR) is 103 cm³/mol. The van der Waals surface area contributed by atoms with Crippen LogP contribution < -0.4 is 0 Å². The van der Waals surface area contributed by atoms with E-state index in [1.54, 1.807) is 0 Å². The molecule has 0 aromatic rings. The second-order valence-corrected chi connectivity index (χ2v) is 7.85. The SMILES string of the molecule is O=C(O)CCCCCCC(=O)OC(CCCCCC(F)(F)F)CCCCCC(F)(F)F. The van der Waals surface area contributed by atoms with Crippen molar-refractivity contribution in [1.82, 2.24) is 0 Å². The molecule has 0 rings (SSSR count). The number of carbonyl (C=O) groups is 2. The molecule has 0 heterocycles. The molecule has 0 radical (unpaired) electrons. The fraction of sp³-hybridized carbons (Fsp3) is 0.905. The normalized spacial score (nSPS) is 12.4. The summed E-state index contributed by atoms with van der Waals surface area (Å²) in [6.07, 6.45) is -5.61. The maximum Gasteiger partial charge on any atom is 0.389 e. The lowest BCUT2D eigenvalue weighted by atomic mass is 10.0. The highest BCUT2D eigenvalue weighted by atomic mass is 19.4. The number of hydrogen-bond acceptors (Lipinski definition) is 3. The van der Waals surface area contributed by atoms with E-state index < -0.39 is 43.2 Å². The lowest BCUT2D eigenvalue weighted by Gasteiger charge is -2.18. The number of carboxylic acid groups (broad SMARTS) is 1. The molecule has 0 bridgehead atoms. The molecule has 0 amide bonds. The zero-order valence-corrected chi connectivity index (χ0v) is 17.8. The van der Waals surface area contributed by atoms with Gasteiger partial charge in [-0.1, -0.05) is 25.7 Å². The van der Waals surface area contributed by atoms with E-state index in [1.807, 2.05) is 0 Å². The Hall–Kier alpha value is -1.48. The minimum atomic E-state index is -4.20. The van der Waals surface area contributed by atoms with Crippen molar-refractivity contribution < 1.29 is 45.8 Å². The average Bonchev–Trinajstić information content (AvgIpc) is 2.61. The standard InChI is InChI=1S/C21H34F6O4/c22-20(23,24)15-9-3-5-11-17(12-6-4-10-16-21(25,26)27)31-19(30)14-8-2-1-7-13-18(28)29/h17H,1-16H2,(H,28,29). The molecular formula is C21H34F6O4. The number of esters is 1. The molecule has 0 aliphatic rings. The quantitative estimate of drug-likeness (QED) is 0.131. The van der Waals surface area contributed by atoms with Gasteiger partial charge in [0, 0.05) is 25.7 Å². The second-order valence-electron chi connectivity index (χ2n) is 7.85. The molecule has 4 nitrogen and oxygen atoms in total. The lowest BCUT2D eigenvalue weighted by Crippen LogP contribution is -2.18. The van der Waals surface area contributed by atoms with E-state index in [0.29, 0.717) is 64.2 Å². The Kier molecular flexibility index (Phi) is 15.4. The zero-order chi connectivity index (χ0) is 23.8. The van der Waals surface area contributed by atoms with Gasteiger partial charge in [0.15, 0.2) is 0 Å². The monoisotopic (exact) mass is 464 g/mol. The van der Waals surface area contributed by atoms with Crippen LogP contribution >= 0.6 is 0 Å². The van der Waals surface area contributed by atoms with E-state index in [-0.39, 0.29) is 25.7 Å². The molecule has 0 spiro atoms. The second kappa shape index (κ2) is 16.2. The molecule has 1 N–H and O–H groups in total. The Morgan fingerprint density at radius 1 is 0.645 bits per heavy atom. The van der Waals surface area contributed by atoms with Crippen LogP contribution in [0.15, 0.2) is 0 Å². The van der Waals surface area contributed by atoms with Gasteiger partial charge in [0.25, 0.3) is 0 Å². The molecule has 184 valence electrons. The van der Waals surface area contributed by atoms with E-state index in [9.17, 15) is 35.9 Å². The summed E-state index contributed by atoms with van der Waals surface area (Å²) in [5, 5.41) is 8.56. The fourth-order valence-corrected chi connectivity index (χ4v) is 3.15. The summed E-state index contributed by atoms with van der Waals surface area (Å²) in [7, 11) is 0. The minimum absolute atomic E-state index is 0.00785. The number of halogens is 6. The molecule has 0 saturated carbocycles. The highest BCUT2D eigenvalue weighted by Gasteiger charge is 2.27. The van der Waals surface area contributed by atoms with Crippen LogP contribution in [0.4, 0.5) is 26.3 Å². The molecule has 0 saturated heterocycles. The third kappa shape index (κ3) is 23.0. The van der Waals surface area contributed by atoms with Crippen molar-refractivity contribution in [3.8, 4) is 0 Å². The van der Waals surface area contributed by atoms with Crippen LogP contribution in [0.2, 0.25) is 0 Å². The van der Waals surface area contributed by atoms with E-state index in [4.69, 9.17) is 9.84 Å². The van der Waals surface area contributed by atoms with Crippen molar-refractivity contribution in [2.75, 3.05) is 0 Å². The average molecular weight is 464 g/mol. The van der Waals surface area contributed by atoms with E-state index in [1.165, 1.54) is 0 Å². The third-order valence-electron chi connectivity index (χ3n) is 4.79. The molecule has 0 unspecified atom stereocenters. The Bertz CT molecular complexity index is 467. The Balaban J connectivity index is 4.22. The third-order valence-corrected chi connectivity index (χ3v) is 4.79. The largest absolute Gasteiger partial charge is 0.481 e.